The second-order valence-corrected chi connectivity index (χ2v) is 5.07. The Bertz CT molecular complexity index is 793. The van der Waals surface area contributed by atoms with E-state index in [0.29, 0.717) is 17.6 Å². The van der Waals surface area contributed by atoms with Gasteiger partial charge in [-0.2, -0.15) is 0 Å². The summed E-state index contributed by atoms with van der Waals surface area (Å²) in [5.74, 6) is 0.818. The molecule has 0 bridgehead atoms. The van der Waals surface area contributed by atoms with Crippen molar-refractivity contribution in [3.05, 3.63) is 59.2 Å². The van der Waals surface area contributed by atoms with Gasteiger partial charge in [0.05, 0.1) is 17.7 Å². The van der Waals surface area contributed by atoms with Crippen LogP contribution in [0.15, 0.2) is 52.3 Å². The molecule has 0 fully saturated rings. The van der Waals surface area contributed by atoms with Crippen molar-refractivity contribution in [1.82, 2.24) is 19.4 Å². The summed E-state index contributed by atoms with van der Waals surface area (Å²) in [7, 11) is 3.91. The number of rotatable bonds is 4. The first kappa shape index (κ1) is 13.5. The van der Waals surface area contributed by atoms with Crippen LogP contribution in [0.1, 0.15) is 11.8 Å². The lowest BCUT2D eigenvalue weighted by atomic mass is 10.2. The van der Waals surface area contributed by atoms with Gasteiger partial charge < -0.3 is 4.42 Å². The Morgan fingerprint density at radius 3 is 2.86 bits per heavy atom. The van der Waals surface area contributed by atoms with Gasteiger partial charge in [0.25, 0.3) is 5.56 Å². The summed E-state index contributed by atoms with van der Waals surface area (Å²) >= 11 is 0. The number of nitrogens with zero attached hydrogens (tertiary/aromatic N) is 4. The Balaban J connectivity index is 2.01. The van der Waals surface area contributed by atoms with Crippen molar-refractivity contribution in [2.24, 2.45) is 0 Å². The summed E-state index contributed by atoms with van der Waals surface area (Å²) < 4.78 is 7.06. The van der Waals surface area contributed by atoms with E-state index < -0.39 is 0 Å². The predicted molar refractivity (Wildman–Crippen MR) is 78.9 cm³/mol. The predicted octanol–water partition coefficient (Wildman–Crippen LogP) is 1.69. The van der Waals surface area contributed by atoms with Crippen molar-refractivity contribution in [2.75, 3.05) is 14.1 Å². The molecule has 0 unspecified atom stereocenters. The zero-order chi connectivity index (χ0) is 14.8. The number of hydrogen-bond acceptors (Lipinski definition) is 5. The standard InChI is InChI=1S/C15H16N4O2/c1-18(2)12(13-6-4-8-21-13)9-19-10-17-14-11(15(19)20)5-3-7-16-14/h3-8,10,12H,9H2,1-2H3/t12-/m0/s1. The van der Waals surface area contributed by atoms with Crippen LogP contribution in [0.25, 0.3) is 11.0 Å². The number of aromatic nitrogens is 3. The molecule has 21 heavy (non-hydrogen) atoms. The lowest BCUT2D eigenvalue weighted by molar-refractivity contribution is 0.230. The van der Waals surface area contributed by atoms with E-state index in [1.54, 1.807) is 29.2 Å². The van der Waals surface area contributed by atoms with Gasteiger partial charge in [0, 0.05) is 12.7 Å². The normalized spacial score (nSPS) is 12.9. The molecule has 0 aliphatic rings. The van der Waals surface area contributed by atoms with Crippen molar-refractivity contribution >= 4 is 11.0 Å². The molecule has 0 saturated heterocycles. The third-order valence-corrected chi connectivity index (χ3v) is 3.46. The van der Waals surface area contributed by atoms with Crippen molar-refractivity contribution in [3.8, 4) is 0 Å². The molecular formula is C15H16N4O2. The summed E-state index contributed by atoms with van der Waals surface area (Å²) in [5, 5.41) is 0.525. The van der Waals surface area contributed by atoms with Crippen LogP contribution in [-0.4, -0.2) is 33.5 Å². The molecule has 0 amide bonds. The van der Waals surface area contributed by atoms with Gasteiger partial charge in [-0.05, 0) is 38.4 Å². The molecule has 0 spiro atoms. The minimum absolute atomic E-state index is 0.0337. The highest BCUT2D eigenvalue weighted by Crippen LogP contribution is 2.20. The van der Waals surface area contributed by atoms with Crippen LogP contribution in [0.3, 0.4) is 0 Å². The highest BCUT2D eigenvalue weighted by atomic mass is 16.3. The zero-order valence-corrected chi connectivity index (χ0v) is 11.9. The van der Waals surface area contributed by atoms with Crippen LogP contribution in [0.5, 0.6) is 0 Å². The molecule has 1 atom stereocenters. The summed E-state index contributed by atoms with van der Waals surface area (Å²) in [5.41, 5.74) is 0.379. The molecular weight excluding hydrogens is 268 g/mol. The summed E-state index contributed by atoms with van der Waals surface area (Å²) in [6.45, 7) is 0.469. The number of fused-ring (bicyclic) bond motifs is 1. The fourth-order valence-corrected chi connectivity index (χ4v) is 2.30. The molecule has 0 N–H and O–H groups in total. The smallest absolute Gasteiger partial charge is 0.262 e. The van der Waals surface area contributed by atoms with E-state index in [-0.39, 0.29) is 11.6 Å². The third-order valence-electron chi connectivity index (χ3n) is 3.46. The Morgan fingerprint density at radius 1 is 1.29 bits per heavy atom. The quantitative estimate of drug-likeness (QED) is 0.729. The van der Waals surface area contributed by atoms with Gasteiger partial charge in [0.2, 0.25) is 0 Å². The first-order valence-electron chi connectivity index (χ1n) is 6.67. The number of furan rings is 1. The maximum absolute atomic E-state index is 12.5. The first-order valence-corrected chi connectivity index (χ1v) is 6.67. The number of pyridine rings is 1. The second kappa shape index (κ2) is 5.49. The van der Waals surface area contributed by atoms with Crippen molar-refractivity contribution < 1.29 is 4.42 Å². The van der Waals surface area contributed by atoms with E-state index >= 15 is 0 Å². The van der Waals surface area contributed by atoms with Crippen LogP contribution in [0, 0.1) is 0 Å². The molecule has 0 aromatic carbocycles. The minimum Gasteiger partial charge on any atom is -0.468 e. The van der Waals surface area contributed by atoms with Crippen LogP contribution < -0.4 is 5.56 Å². The highest BCUT2D eigenvalue weighted by Gasteiger charge is 2.18. The van der Waals surface area contributed by atoms with E-state index in [2.05, 4.69) is 9.97 Å². The monoisotopic (exact) mass is 284 g/mol. The van der Waals surface area contributed by atoms with E-state index in [0.717, 1.165) is 5.76 Å². The molecule has 3 rings (SSSR count). The summed E-state index contributed by atoms with van der Waals surface area (Å²) in [4.78, 5) is 22.8. The Hall–Kier alpha value is -2.47. The molecule has 108 valence electrons. The molecule has 0 aliphatic heterocycles. The van der Waals surface area contributed by atoms with Gasteiger partial charge in [-0.25, -0.2) is 9.97 Å². The molecule has 6 nitrogen and oxygen atoms in total. The van der Waals surface area contributed by atoms with E-state index in [1.807, 2.05) is 31.1 Å². The lowest BCUT2D eigenvalue weighted by Gasteiger charge is -2.22. The number of likely N-dealkylation sites (N-methyl/N-ethyl adjacent to an activating group) is 1. The molecule has 3 heterocycles. The molecule has 0 saturated carbocycles. The number of hydrogen-bond donors (Lipinski definition) is 0. The Labute approximate surface area is 121 Å². The Morgan fingerprint density at radius 2 is 2.14 bits per heavy atom. The van der Waals surface area contributed by atoms with Crippen LogP contribution in [0.2, 0.25) is 0 Å². The fraction of sp³-hybridized carbons (Fsp3) is 0.267. The van der Waals surface area contributed by atoms with E-state index in [1.165, 1.54) is 6.33 Å². The average molecular weight is 284 g/mol. The van der Waals surface area contributed by atoms with E-state index in [9.17, 15) is 4.79 Å². The zero-order valence-electron chi connectivity index (χ0n) is 11.9. The van der Waals surface area contributed by atoms with Gasteiger partial charge >= 0.3 is 0 Å². The minimum atomic E-state index is -0.0912. The average Bonchev–Trinajstić information content (AvgIpc) is 3.00. The van der Waals surface area contributed by atoms with Crippen molar-refractivity contribution in [2.45, 2.75) is 12.6 Å². The van der Waals surface area contributed by atoms with Gasteiger partial charge in [-0.15, -0.1) is 0 Å². The topological polar surface area (TPSA) is 64.2 Å². The largest absolute Gasteiger partial charge is 0.468 e. The van der Waals surface area contributed by atoms with Crippen molar-refractivity contribution in [3.63, 3.8) is 0 Å². The molecule has 0 radical (unpaired) electrons. The van der Waals surface area contributed by atoms with Gasteiger partial charge in [-0.1, -0.05) is 0 Å². The van der Waals surface area contributed by atoms with E-state index in [4.69, 9.17) is 4.42 Å². The maximum atomic E-state index is 12.5. The third kappa shape index (κ3) is 2.57. The summed E-state index contributed by atoms with van der Waals surface area (Å²) in [6.07, 6.45) is 4.80. The molecule has 6 heteroatoms. The van der Waals surface area contributed by atoms with Gasteiger partial charge in [0.15, 0.2) is 5.65 Å². The summed E-state index contributed by atoms with van der Waals surface area (Å²) in [6, 6.07) is 7.20. The molecule has 3 aromatic heterocycles. The lowest BCUT2D eigenvalue weighted by Crippen LogP contribution is -2.30. The maximum Gasteiger partial charge on any atom is 0.262 e. The fourth-order valence-electron chi connectivity index (χ4n) is 2.30. The second-order valence-electron chi connectivity index (χ2n) is 5.07. The first-order chi connectivity index (χ1) is 10.2. The molecule has 0 aliphatic carbocycles. The SMILES string of the molecule is CN(C)[C@@H](Cn1cnc2ncccc2c1=O)c1ccco1. The van der Waals surface area contributed by atoms with Crippen molar-refractivity contribution in [1.29, 1.82) is 0 Å². The van der Waals surface area contributed by atoms with Gasteiger partial charge in [-0.3, -0.25) is 14.3 Å². The highest BCUT2D eigenvalue weighted by molar-refractivity contribution is 5.72. The van der Waals surface area contributed by atoms with Crippen LogP contribution >= 0.6 is 0 Å². The Kier molecular flexibility index (Phi) is 3.53. The van der Waals surface area contributed by atoms with Crippen LogP contribution in [-0.2, 0) is 6.54 Å². The molecule has 3 aromatic rings. The van der Waals surface area contributed by atoms with Crippen LogP contribution in [0.4, 0.5) is 0 Å². The van der Waals surface area contributed by atoms with Gasteiger partial charge in [0.1, 0.15) is 12.1 Å².